The van der Waals surface area contributed by atoms with Crippen LogP contribution in [-0.4, -0.2) is 27.4 Å². The molecule has 0 spiro atoms. The van der Waals surface area contributed by atoms with Crippen molar-refractivity contribution in [2.45, 2.75) is 55.3 Å². The Morgan fingerprint density at radius 3 is 2.09 bits per heavy atom. The van der Waals surface area contributed by atoms with Gasteiger partial charge in [0.05, 0.1) is 16.5 Å². The zero-order valence-electron chi connectivity index (χ0n) is 17.5. The van der Waals surface area contributed by atoms with E-state index < -0.39 is 21.8 Å². The minimum absolute atomic E-state index is 0.0660. The molecule has 2 aromatic carbocycles. The van der Waals surface area contributed by atoms with Crippen LogP contribution < -0.4 is 15.8 Å². The second kappa shape index (κ2) is 12.0. The number of nitrogens with one attached hydrogen (secondary N) is 2. The van der Waals surface area contributed by atoms with Gasteiger partial charge in [0.25, 0.3) is 0 Å². The predicted molar refractivity (Wildman–Crippen MR) is 116 cm³/mol. The average molecular weight is 472 g/mol. The molecule has 6 nitrogen and oxygen atoms in total. The maximum absolute atomic E-state index is 12.4. The molecule has 0 unspecified atom stereocenters. The molecular formula is C22H28F3N3O3S. The van der Waals surface area contributed by atoms with E-state index in [4.69, 9.17) is 5.73 Å². The summed E-state index contributed by atoms with van der Waals surface area (Å²) in [5.74, 6) is 0. The second-order valence-electron chi connectivity index (χ2n) is 7.46. The molecule has 2 aromatic rings. The van der Waals surface area contributed by atoms with Gasteiger partial charge in [-0.2, -0.15) is 13.2 Å². The summed E-state index contributed by atoms with van der Waals surface area (Å²) in [6.07, 6.45) is 0.808. The Bertz CT molecular complexity index is 930. The number of carbonyl (C=O) groups is 1. The fourth-order valence-electron chi connectivity index (χ4n) is 3.40. The smallest absolute Gasteiger partial charge is 0.351 e. The minimum Gasteiger partial charge on any atom is -0.351 e. The molecule has 1 amide bonds. The highest BCUT2D eigenvalue weighted by Gasteiger charge is 2.31. The van der Waals surface area contributed by atoms with Gasteiger partial charge in [-0.25, -0.2) is 13.1 Å². The van der Waals surface area contributed by atoms with Crippen LogP contribution in [0.5, 0.6) is 0 Å². The van der Waals surface area contributed by atoms with Gasteiger partial charge in [-0.3, -0.25) is 4.79 Å². The standard InChI is InChI=1S/C13H16F3NO2S.C9H12N2O/c14-13(15,16)10-6-8-12(9-7-10)20(18,19)17-11-4-2-1-3-5-11;10-6-9(11-7-12)8-4-2-1-3-5-8/h6-9,11,17H,1-5H2;1-5,7,9H,6,10H2,(H,11,12)/t;9-/m.1/s1. The molecule has 1 saturated carbocycles. The maximum atomic E-state index is 12.4. The van der Waals surface area contributed by atoms with Gasteiger partial charge >= 0.3 is 6.18 Å². The zero-order valence-corrected chi connectivity index (χ0v) is 18.3. The van der Waals surface area contributed by atoms with Crippen molar-refractivity contribution in [2.24, 2.45) is 5.73 Å². The molecule has 10 heteroatoms. The Labute approximate surface area is 186 Å². The minimum atomic E-state index is -4.46. The highest BCUT2D eigenvalue weighted by molar-refractivity contribution is 7.89. The van der Waals surface area contributed by atoms with Crippen molar-refractivity contribution in [3.8, 4) is 0 Å². The second-order valence-corrected chi connectivity index (χ2v) is 9.18. The SMILES string of the molecule is NC[C@@H](NC=O)c1ccccc1.O=S(=O)(NC1CCCCC1)c1ccc(C(F)(F)F)cc1. The lowest BCUT2D eigenvalue weighted by atomic mass is 9.96. The van der Waals surface area contributed by atoms with Gasteiger partial charge < -0.3 is 11.1 Å². The number of alkyl halides is 3. The number of carbonyl (C=O) groups excluding carboxylic acids is 1. The molecule has 1 atom stereocenters. The third kappa shape index (κ3) is 7.92. The lowest BCUT2D eigenvalue weighted by molar-refractivity contribution is -0.137. The first-order valence-corrected chi connectivity index (χ1v) is 11.8. The molecule has 176 valence electrons. The van der Waals surface area contributed by atoms with Gasteiger partial charge in [-0.15, -0.1) is 0 Å². The van der Waals surface area contributed by atoms with E-state index in [0.29, 0.717) is 13.0 Å². The normalized spacial score (nSPS) is 15.9. The molecule has 0 aliphatic heterocycles. The number of halogens is 3. The van der Waals surface area contributed by atoms with Gasteiger partial charge in [0, 0.05) is 12.6 Å². The number of amides is 1. The summed E-state index contributed by atoms with van der Waals surface area (Å²) in [5.41, 5.74) is 5.65. The van der Waals surface area contributed by atoms with Crippen molar-refractivity contribution in [1.29, 1.82) is 0 Å². The largest absolute Gasteiger partial charge is 0.416 e. The fourth-order valence-corrected chi connectivity index (χ4v) is 4.70. The number of hydrogen-bond acceptors (Lipinski definition) is 4. The third-order valence-electron chi connectivity index (χ3n) is 5.13. The molecule has 4 N–H and O–H groups in total. The molecule has 0 radical (unpaired) electrons. The highest BCUT2D eigenvalue weighted by atomic mass is 32.2. The van der Waals surface area contributed by atoms with Crippen molar-refractivity contribution >= 4 is 16.4 Å². The van der Waals surface area contributed by atoms with Gasteiger partial charge in [0.1, 0.15) is 0 Å². The van der Waals surface area contributed by atoms with Crippen molar-refractivity contribution < 1.29 is 26.4 Å². The number of benzene rings is 2. The lowest BCUT2D eigenvalue weighted by Gasteiger charge is -2.22. The Hall–Kier alpha value is -2.43. The zero-order chi connectivity index (χ0) is 23.6. The number of rotatable bonds is 7. The molecule has 32 heavy (non-hydrogen) atoms. The quantitative estimate of drug-likeness (QED) is 0.536. The fraction of sp³-hybridized carbons (Fsp3) is 0.409. The number of hydrogen-bond donors (Lipinski definition) is 3. The van der Waals surface area contributed by atoms with Crippen LogP contribution in [0.4, 0.5) is 13.2 Å². The summed E-state index contributed by atoms with van der Waals surface area (Å²) >= 11 is 0. The van der Waals surface area contributed by atoms with Crippen LogP contribution in [0.2, 0.25) is 0 Å². The van der Waals surface area contributed by atoms with Crippen molar-refractivity contribution in [3.63, 3.8) is 0 Å². The van der Waals surface area contributed by atoms with Crippen LogP contribution in [0, 0.1) is 0 Å². The Balaban J connectivity index is 0.000000258. The van der Waals surface area contributed by atoms with E-state index in [1.54, 1.807) is 0 Å². The molecule has 3 rings (SSSR count). The van der Waals surface area contributed by atoms with Gasteiger partial charge in [0.2, 0.25) is 16.4 Å². The first kappa shape index (κ1) is 25.8. The molecule has 1 aliphatic carbocycles. The van der Waals surface area contributed by atoms with Crippen molar-refractivity contribution in [3.05, 3.63) is 65.7 Å². The van der Waals surface area contributed by atoms with Crippen LogP contribution in [0.1, 0.15) is 49.3 Å². The maximum Gasteiger partial charge on any atom is 0.416 e. The first-order chi connectivity index (χ1) is 15.2. The van der Waals surface area contributed by atoms with Crippen LogP contribution in [-0.2, 0) is 21.0 Å². The summed E-state index contributed by atoms with van der Waals surface area (Å²) in [6, 6.07) is 13.0. The summed E-state index contributed by atoms with van der Waals surface area (Å²) in [4.78, 5) is 10.1. The summed E-state index contributed by atoms with van der Waals surface area (Å²) in [5, 5.41) is 2.64. The molecule has 0 saturated heterocycles. The molecule has 0 aromatic heterocycles. The molecule has 1 fully saturated rings. The van der Waals surface area contributed by atoms with Crippen LogP contribution in [0.15, 0.2) is 59.5 Å². The van der Waals surface area contributed by atoms with E-state index in [2.05, 4.69) is 10.0 Å². The van der Waals surface area contributed by atoms with Crippen LogP contribution in [0.25, 0.3) is 0 Å². The first-order valence-electron chi connectivity index (χ1n) is 10.3. The molecule has 0 heterocycles. The number of nitrogens with two attached hydrogens (primary N) is 1. The average Bonchev–Trinajstić information content (AvgIpc) is 2.78. The van der Waals surface area contributed by atoms with Crippen molar-refractivity contribution in [2.75, 3.05) is 6.54 Å². The van der Waals surface area contributed by atoms with Gasteiger partial charge in [-0.1, -0.05) is 49.6 Å². The predicted octanol–water partition coefficient (Wildman–Crippen LogP) is 3.75. The highest BCUT2D eigenvalue weighted by Crippen LogP contribution is 2.30. The summed E-state index contributed by atoms with van der Waals surface area (Å²) in [7, 11) is -3.74. The van der Waals surface area contributed by atoms with E-state index in [-0.39, 0.29) is 17.0 Å². The Morgan fingerprint density at radius 1 is 1.00 bits per heavy atom. The molecular weight excluding hydrogens is 443 g/mol. The van der Waals surface area contributed by atoms with E-state index in [9.17, 15) is 26.4 Å². The van der Waals surface area contributed by atoms with Gasteiger partial charge in [0.15, 0.2) is 0 Å². The van der Waals surface area contributed by atoms with Gasteiger partial charge in [-0.05, 0) is 42.7 Å². The topological polar surface area (TPSA) is 101 Å². The van der Waals surface area contributed by atoms with E-state index in [0.717, 1.165) is 61.9 Å². The Kier molecular flexibility index (Phi) is 9.67. The molecule has 1 aliphatic rings. The van der Waals surface area contributed by atoms with E-state index in [1.165, 1.54) is 0 Å². The summed E-state index contributed by atoms with van der Waals surface area (Å²) in [6.45, 7) is 0.419. The van der Waals surface area contributed by atoms with E-state index >= 15 is 0 Å². The Morgan fingerprint density at radius 2 is 1.59 bits per heavy atom. The molecule has 0 bridgehead atoms. The summed E-state index contributed by atoms with van der Waals surface area (Å²) < 4.78 is 64.0. The lowest BCUT2D eigenvalue weighted by Crippen LogP contribution is -2.36. The third-order valence-corrected chi connectivity index (χ3v) is 6.66. The van der Waals surface area contributed by atoms with E-state index in [1.807, 2.05) is 30.3 Å². The van der Waals surface area contributed by atoms with Crippen LogP contribution >= 0.6 is 0 Å². The monoisotopic (exact) mass is 471 g/mol. The van der Waals surface area contributed by atoms with Crippen molar-refractivity contribution in [1.82, 2.24) is 10.0 Å². The number of sulfonamides is 1. The van der Waals surface area contributed by atoms with Crippen LogP contribution in [0.3, 0.4) is 0 Å².